The highest BCUT2D eigenvalue weighted by Crippen LogP contribution is 2.29. The number of ether oxygens (including phenoxy) is 2. The molecule has 3 rings (SSSR count). The number of nitrogens with zero attached hydrogens (tertiary/aromatic N) is 1. The van der Waals surface area contributed by atoms with Crippen LogP contribution in [-0.4, -0.2) is 49.7 Å². The first-order valence-corrected chi connectivity index (χ1v) is 9.58. The van der Waals surface area contributed by atoms with Gasteiger partial charge in [-0.25, -0.2) is 0 Å². The van der Waals surface area contributed by atoms with E-state index in [1.165, 1.54) is 5.57 Å². The largest absolute Gasteiger partial charge is 0.497 e. The Balaban J connectivity index is 1.63. The molecule has 0 radical (unpaired) electrons. The minimum Gasteiger partial charge on any atom is -0.497 e. The molecule has 2 fully saturated rings. The molecule has 142 valence electrons. The zero-order chi connectivity index (χ0) is 18.5. The van der Waals surface area contributed by atoms with Crippen LogP contribution in [0.5, 0.6) is 11.5 Å². The van der Waals surface area contributed by atoms with E-state index in [4.69, 9.17) is 9.47 Å². The molecule has 1 N–H and O–H groups in total. The summed E-state index contributed by atoms with van der Waals surface area (Å²) in [6, 6.07) is 5.78. The van der Waals surface area contributed by atoms with Gasteiger partial charge in [-0.15, -0.1) is 0 Å². The van der Waals surface area contributed by atoms with Gasteiger partial charge in [0.2, 0.25) is 0 Å². The molecule has 0 aromatic heterocycles. The molecule has 0 bridgehead atoms. The van der Waals surface area contributed by atoms with Crippen molar-refractivity contribution in [2.75, 3.05) is 26.7 Å². The number of piperidine rings is 1. The van der Waals surface area contributed by atoms with Gasteiger partial charge in [-0.2, -0.15) is 0 Å². The Morgan fingerprint density at radius 1 is 1.27 bits per heavy atom. The average molecular weight is 358 g/mol. The van der Waals surface area contributed by atoms with E-state index in [1.54, 1.807) is 13.2 Å². The summed E-state index contributed by atoms with van der Waals surface area (Å²) in [5.41, 5.74) is 2.00. The second-order valence-electron chi connectivity index (χ2n) is 7.34. The van der Waals surface area contributed by atoms with Gasteiger partial charge in [-0.3, -0.25) is 9.69 Å². The number of allylic oxidation sites excluding steroid dienone is 1. The first-order chi connectivity index (χ1) is 12.6. The molecule has 26 heavy (non-hydrogen) atoms. The van der Waals surface area contributed by atoms with Crippen LogP contribution >= 0.6 is 0 Å². The molecular weight excluding hydrogens is 328 g/mol. The summed E-state index contributed by atoms with van der Waals surface area (Å²) in [5, 5.41) is 3.05. The smallest absolute Gasteiger partial charge is 0.255 e. The van der Waals surface area contributed by atoms with Crippen LogP contribution in [0.15, 0.2) is 29.8 Å². The second-order valence-corrected chi connectivity index (χ2v) is 7.34. The van der Waals surface area contributed by atoms with Crippen molar-refractivity contribution in [3.8, 4) is 11.5 Å². The van der Waals surface area contributed by atoms with Crippen molar-refractivity contribution in [3.63, 3.8) is 0 Å². The van der Waals surface area contributed by atoms with Crippen molar-refractivity contribution in [2.24, 2.45) is 0 Å². The minimum absolute atomic E-state index is 0.0497. The van der Waals surface area contributed by atoms with Gasteiger partial charge in [0.15, 0.2) is 0 Å². The van der Waals surface area contributed by atoms with Crippen molar-refractivity contribution < 1.29 is 14.3 Å². The van der Waals surface area contributed by atoms with Crippen molar-refractivity contribution in [1.29, 1.82) is 0 Å². The van der Waals surface area contributed by atoms with E-state index in [1.807, 2.05) is 12.1 Å². The van der Waals surface area contributed by atoms with Crippen LogP contribution in [-0.2, 0) is 0 Å². The highest BCUT2D eigenvalue weighted by molar-refractivity contribution is 5.97. The molecule has 1 aromatic rings. The van der Waals surface area contributed by atoms with Crippen molar-refractivity contribution in [2.45, 2.75) is 51.7 Å². The Kier molecular flexibility index (Phi) is 6.20. The van der Waals surface area contributed by atoms with Gasteiger partial charge in [0.05, 0.1) is 12.7 Å². The van der Waals surface area contributed by atoms with E-state index in [9.17, 15) is 4.79 Å². The number of nitrogens with one attached hydrogen (secondary N) is 1. The van der Waals surface area contributed by atoms with Gasteiger partial charge in [0.25, 0.3) is 5.91 Å². The van der Waals surface area contributed by atoms with Crippen LogP contribution in [0.25, 0.3) is 0 Å². The van der Waals surface area contributed by atoms with Crippen molar-refractivity contribution in [1.82, 2.24) is 10.2 Å². The SMILES string of the molecule is CC=C(C)CN1CCC(Oc2cc(OC)ccc2C(=O)NC2CC2)CC1. The van der Waals surface area contributed by atoms with Crippen LogP contribution in [0.1, 0.15) is 49.9 Å². The third-order valence-corrected chi connectivity index (χ3v) is 5.14. The van der Waals surface area contributed by atoms with Gasteiger partial charge in [-0.1, -0.05) is 11.6 Å². The fraction of sp³-hybridized carbons (Fsp3) is 0.571. The Bertz CT molecular complexity index is 659. The molecule has 0 unspecified atom stereocenters. The predicted molar refractivity (Wildman–Crippen MR) is 103 cm³/mol. The Morgan fingerprint density at radius 2 is 2.00 bits per heavy atom. The summed E-state index contributed by atoms with van der Waals surface area (Å²) in [6.45, 7) is 7.32. The summed E-state index contributed by atoms with van der Waals surface area (Å²) in [5.74, 6) is 1.29. The molecule has 1 saturated carbocycles. The molecule has 2 aliphatic rings. The lowest BCUT2D eigenvalue weighted by atomic mass is 10.1. The number of carbonyl (C=O) groups excluding carboxylic acids is 1. The quantitative estimate of drug-likeness (QED) is 0.759. The fourth-order valence-electron chi connectivity index (χ4n) is 3.21. The molecule has 1 saturated heterocycles. The number of benzene rings is 1. The molecule has 0 atom stereocenters. The van der Waals surface area contributed by atoms with Gasteiger partial charge < -0.3 is 14.8 Å². The van der Waals surface area contributed by atoms with Crippen LogP contribution in [0, 0.1) is 0 Å². The number of hydrogen-bond acceptors (Lipinski definition) is 4. The van der Waals surface area contributed by atoms with E-state index >= 15 is 0 Å². The summed E-state index contributed by atoms with van der Waals surface area (Å²) in [7, 11) is 1.63. The zero-order valence-electron chi connectivity index (χ0n) is 16.1. The molecule has 1 heterocycles. The Morgan fingerprint density at radius 3 is 2.62 bits per heavy atom. The number of rotatable bonds is 7. The molecule has 1 aliphatic carbocycles. The lowest BCUT2D eigenvalue weighted by molar-refractivity contribution is 0.0914. The van der Waals surface area contributed by atoms with E-state index in [-0.39, 0.29) is 12.0 Å². The van der Waals surface area contributed by atoms with Crippen LogP contribution in [0.3, 0.4) is 0 Å². The highest BCUT2D eigenvalue weighted by Gasteiger charge is 2.27. The van der Waals surface area contributed by atoms with E-state index < -0.39 is 0 Å². The number of carbonyl (C=O) groups is 1. The Labute approximate surface area is 156 Å². The van der Waals surface area contributed by atoms with Crippen molar-refractivity contribution >= 4 is 5.91 Å². The van der Waals surface area contributed by atoms with E-state index in [0.29, 0.717) is 23.1 Å². The number of methoxy groups -OCH3 is 1. The maximum absolute atomic E-state index is 12.5. The van der Waals surface area contributed by atoms with Crippen molar-refractivity contribution in [3.05, 3.63) is 35.4 Å². The summed E-state index contributed by atoms with van der Waals surface area (Å²) >= 11 is 0. The topological polar surface area (TPSA) is 50.8 Å². The van der Waals surface area contributed by atoms with E-state index in [2.05, 4.69) is 30.1 Å². The lowest BCUT2D eigenvalue weighted by Gasteiger charge is -2.32. The number of likely N-dealkylation sites (tertiary alicyclic amines) is 1. The van der Waals surface area contributed by atoms with Gasteiger partial charge in [0.1, 0.15) is 17.6 Å². The summed E-state index contributed by atoms with van der Waals surface area (Å²) < 4.78 is 11.6. The average Bonchev–Trinajstić information content (AvgIpc) is 3.47. The maximum Gasteiger partial charge on any atom is 0.255 e. The molecule has 0 spiro atoms. The first kappa shape index (κ1) is 18.8. The fourth-order valence-corrected chi connectivity index (χ4v) is 3.21. The van der Waals surface area contributed by atoms with Crippen LogP contribution < -0.4 is 14.8 Å². The summed E-state index contributed by atoms with van der Waals surface area (Å²) in [6.07, 6.45) is 6.39. The Hall–Kier alpha value is -2.01. The lowest BCUT2D eigenvalue weighted by Crippen LogP contribution is -2.39. The number of hydrogen-bond donors (Lipinski definition) is 1. The van der Waals surface area contributed by atoms with Crippen LogP contribution in [0.4, 0.5) is 0 Å². The van der Waals surface area contributed by atoms with Gasteiger partial charge >= 0.3 is 0 Å². The monoisotopic (exact) mass is 358 g/mol. The molecule has 5 nitrogen and oxygen atoms in total. The third-order valence-electron chi connectivity index (χ3n) is 5.14. The standard InChI is InChI=1S/C21H30N2O3/c1-4-15(2)14-23-11-9-17(10-12-23)26-20-13-18(25-3)7-8-19(20)21(24)22-16-5-6-16/h4,7-8,13,16-17H,5-6,9-12,14H2,1-3H3,(H,22,24). The molecular formula is C21H30N2O3. The highest BCUT2D eigenvalue weighted by atomic mass is 16.5. The minimum atomic E-state index is -0.0497. The summed E-state index contributed by atoms with van der Waals surface area (Å²) in [4.78, 5) is 15.0. The number of amides is 1. The molecule has 1 amide bonds. The normalized spacial score (nSPS) is 19.3. The van der Waals surface area contributed by atoms with Gasteiger partial charge in [0, 0.05) is 31.7 Å². The third kappa shape index (κ3) is 5.01. The zero-order valence-corrected chi connectivity index (χ0v) is 16.1. The maximum atomic E-state index is 12.5. The molecule has 1 aromatic carbocycles. The second kappa shape index (κ2) is 8.58. The molecule has 5 heteroatoms. The van der Waals surface area contributed by atoms with E-state index in [0.717, 1.165) is 45.3 Å². The first-order valence-electron chi connectivity index (χ1n) is 9.58. The molecule has 1 aliphatic heterocycles. The van der Waals surface area contributed by atoms with Crippen LogP contribution in [0.2, 0.25) is 0 Å². The predicted octanol–water partition coefficient (Wildman–Crippen LogP) is 3.40. The van der Waals surface area contributed by atoms with Gasteiger partial charge in [-0.05, 0) is 51.7 Å².